The van der Waals surface area contributed by atoms with Crippen LogP contribution in [-0.4, -0.2) is 17.1 Å². The normalized spacial score (nSPS) is 10.6. The lowest BCUT2D eigenvalue weighted by Gasteiger charge is -2.04. The Bertz CT molecular complexity index is 607. The number of rotatable bonds is 3. The number of nitrogens with zero attached hydrogens (tertiary/aromatic N) is 1. The molecule has 1 aromatic carbocycles. The Morgan fingerprint density at radius 3 is 2.83 bits per heavy atom. The first-order valence-electron chi connectivity index (χ1n) is 5.14. The Balaban J connectivity index is 2.52. The van der Waals surface area contributed by atoms with Gasteiger partial charge in [0.05, 0.1) is 12.3 Å². The highest BCUT2D eigenvalue weighted by Gasteiger charge is 2.06. The summed E-state index contributed by atoms with van der Waals surface area (Å²) in [7, 11) is 1.52. The SMILES string of the molecule is COCc1cc(=O)[nH]c(-c2cc(F)cc(Br)c2)n1. The standard InChI is InChI=1S/C12H10BrFN2O2/c1-18-6-10-5-11(17)16-12(15-10)7-2-8(13)4-9(14)3-7/h2-5H,6H2,1H3,(H,15,16,17). The van der Waals surface area contributed by atoms with Gasteiger partial charge in [0.25, 0.3) is 5.56 Å². The average Bonchev–Trinajstić information content (AvgIpc) is 2.27. The van der Waals surface area contributed by atoms with Gasteiger partial charge in [0.2, 0.25) is 0 Å². The smallest absolute Gasteiger partial charge is 0.251 e. The first-order chi connectivity index (χ1) is 8.58. The van der Waals surface area contributed by atoms with E-state index in [2.05, 4.69) is 25.9 Å². The highest BCUT2D eigenvalue weighted by atomic mass is 79.9. The van der Waals surface area contributed by atoms with Gasteiger partial charge in [0.15, 0.2) is 0 Å². The summed E-state index contributed by atoms with van der Waals surface area (Å²) in [4.78, 5) is 18.2. The quantitative estimate of drug-likeness (QED) is 0.947. The van der Waals surface area contributed by atoms with Crippen LogP contribution in [0.3, 0.4) is 0 Å². The van der Waals surface area contributed by atoms with Crippen molar-refractivity contribution in [1.82, 2.24) is 9.97 Å². The highest BCUT2D eigenvalue weighted by molar-refractivity contribution is 9.10. The predicted octanol–water partition coefficient (Wildman–Crippen LogP) is 2.48. The monoisotopic (exact) mass is 312 g/mol. The minimum atomic E-state index is -0.404. The second-order valence-electron chi connectivity index (χ2n) is 3.68. The van der Waals surface area contributed by atoms with Gasteiger partial charge in [-0.3, -0.25) is 4.79 Å². The summed E-state index contributed by atoms with van der Waals surface area (Å²) < 4.78 is 18.8. The molecule has 2 aromatic rings. The van der Waals surface area contributed by atoms with Gasteiger partial charge in [-0.25, -0.2) is 9.37 Å². The lowest BCUT2D eigenvalue weighted by atomic mass is 10.2. The van der Waals surface area contributed by atoms with E-state index in [0.29, 0.717) is 21.6 Å². The van der Waals surface area contributed by atoms with Gasteiger partial charge >= 0.3 is 0 Å². The summed E-state index contributed by atoms with van der Waals surface area (Å²) in [5.74, 6) is -0.0890. The largest absolute Gasteiger partial charge is 0.378 e. The van der Waals surface area contributed by atoms with E-state index in [9.17, 15) is 9.18 Å². The molecule has 4 nitrogen and oxygen atoms in total. The molecule has 0 spiro atoms. The molecule has 1 aromatic heterocycles. The number of methoxy groups -OCH3 is 1. The third kappa shape index (κ3) is 3.02. The number of hydrogen-bond acceptors (Lipinski definition) is 3. The van der Waals surface area contributed by atoms with Crippen molar-refractivity contribution in [2.45, 2.75) is 6.61 Å². The summed E-state index contributed by atoms with van der Waals surface area (Å²) in [6, 6.07) is 5.67. The Morgan fingerprint density at radius 1 is 1.39 bits per heavy atom. The second kappa shape index (κ2) is 5.41. The molecule has 0 aliphatic carbocycles. The number of benzene rings is 1. The van der Waals surface area contributed by atoms with Crippen molar-refractivity contribution in [3.05, 3.63) is 50.6 Å². The van der Waals surface area contributed by atoms with Gasteiger partial charge in [-0.05, 0) is 18.2 Å². The molecule has 0 radical (unpaired) electrons. The Hall–Kier alpha value is -1.53. The molecule has 0 atom stereocenters. The maximum Gasteiger partial charge on any atom is 0.251 e. The zero-order chi connectivity index (χ0) is 13.1. The molecule has 0 unspecified atom stereocenters. The molecule has 2 rings (SSSR count). The van der Waals surface area contributed by atoms with Gasteiger partial charge < -0.3 is 9.72 Å². The van der Waals surface area contributed by atoms with Gasteiger partial charge in [0, 0.05) is 23.2 Å². The van der Waals surface area contributed by atoms with Crippen molar-refractivity contribution in [3.8, 4) is 11.4 Å². The van der Waals surface area contributed by atoms with Crippen LogP contribution in [0.2, 0.25) is 0 Å². The van der Waals surface area contributed by atoms with Crippen molar-refractivity contribution in [2.24, 2.45) is 0 Å². The highest BCUT2D eigenvalue weighted by Crippen LogP contribution is 2.21. The Morgan fingerprint density at radius 2 is 2.17 bits per heavy atom. The van der Waals surface area contributed by atoms with E-state index in [4.69, 9.17) is 4.74 Å². The van der Waals surface area contributed by atoms with Crippen LogP contribution in [0.25, 0.3) is 11.4 Å². The average molecular weight is 313 g/mol. The van der Waals surface area contributed by atoms with Crippen molar-refractivity contribution in [1.29, 1.82) is 0 Å². The number of halogens is 2. The van der Waals surface area contributed by atoms with Gasteiger partial charge in [-0.15, -0.1) is 0 Å². The Labute approximate surface area is 111 Å². The number of ether oxygens (including phenoxy) is 1. The molecule has 0 aliphatic rings. The van der Waals surface area contributed by atoms with E-state index >= 15 is 0 Å². The number of aromatic amines is 1. The lowest BCUT2D eigenvalue weighted by Crippen LogP contribution is -2.11. The summed E-state index contributed by atoms with van der Waals surface area (Å²) in [6.07, 6.45) is 0. The molecule has 0 amide bonds. The summed E-state index contributed by atoms with van der Waals surface area (Å²) in [5.41, 5.74) is 0.695. The van der Waals surface area contributed by atoms with E-state index in [-0.39, 0.29) is 12.2 Å². The molecule has 0 bridgehead atoms. The van der Waals surface area contributed by atoms with E-state index in [1.807, 2.05) is 0 Å². The number of nitrogens with one attached hydrogen (secondary N) is 1. The molecule has 94 valence electrons. The second-order valence-corrected chi connectivity index (χ2v) is 4.59. The molecular weight excluding hydrogens is 303 g/mol. The van der Waals surface area contributed by atoms with Crippen molar-refractivity contribution < 1.29 is 9.13 Å². The van der Waals surface area contributed by atoms with E-state index in [0.717, 1.165) is 0 Å². The molecule has 0 saturated heterocycles. The molecule has 1 N–H and O–H groups in total. The van der Waals surface area contributed by atoms with Crippen LogP contribution in [0, 0.1) is 5.82 Å². The third-order valence-corrected chi connectivity index (χ3v) is 2.68. The van der Waals surface area contributed by atoms with Crippen LogP contribution in [0.5, 0.6) is 0 Å². The van der Waals surface area contributed by atoms with Gasteiger partial charge in [-0.1, -0.05) is 15.9 Å². The molecule has 0 saturated carbocycles. The predicted molar refractivity (Wildman–Crippen MR) is 68.7 cm³/mol. The van der Waals surface area contributed by atoms with Crippen LogP contribution < -0.4 is 5.56 Å². The van der Waals surface area contributed by atoms with Crippen molar-refractivity contribution in [3.63, 3.8) is 0 Å². The summed E-state index contributed by atoms with van der Waals surface area (Å²) >= 11 is 3.19. The molecule has 6 heteroatoms. The van der Waals surface area contributed by atoms with E-state index in [1.165, 1.54) is 25.3 Å². The summed E-state index contributed by atoms with van der Waals surface area (Å²) in [5, 5.41) is 0. The topological polar surface area (TPSA) is 55.0 Å². The number of hydrogen-bond donors (Lipinski definition) is 1. The van der Waals surface area contributed by atoms with Gasteiger partial charge in [-0.2, -0.15) is 0 Å². The van der Waals surface area contributed by atoms with E-state index in [1.54, 1.807) is 6.07 Å². The zero-order valence-corrected chi connectivity index (χ0v) is 11.1. The summed E-state index contributed by atoms with van der Waals surface area (Å²) in [6.45, 7) is 0.230. The molecule has 1 heterocycles. The molecule has 0 fully saturated rings. The first-order valence-corrected chi connectivity index (χ1v) is 5.93. The van der Waals surface area contributed by atoms with Crippen LogP contribution >= 0.6 is 15.9 Å². The third-order valence-electron chi connectivity index (χ3n) is 2.22. The number of H-pyrrole nitrogens is 1. The fourth-order valence-electron chi connectivity index (χ4n) is 1.56. The fourth-order valence-corrected chi connectivity index (χ4v) is 2.02. The Kier molecular flexibility index (Phi) is 3.88. The lowest BCUT2D eigenvalue weighted by molar-refractivity contribution is 0.181. The molecular formula is C12H10BrFN2O2. The van der Waals surface area contributed by atoms with Crippen molar-refractivity contribution in [2.75, 3.05) is 7.11 Å². The minimum absolute atomic E-state index is 0.230. The fraction of sp³-hybridized carbons (Fsp3) is 0.167. The first kappa shape index (κ1) is 12.9. The van der Waals surface area contributed by atoms with Crippen LogP contribution in [0.1, 0.15) is 5.69 Å². The zero-order valence-electron chi connectivity index (χ0n) is 9.54. The van der Waals surface area contributed by atoms with Crippen LogP contribution in [0.4, 0.5) is 4.39 Å². The minimum Gasteiger partial charge on any atom is -0.378 e. The van der Waals surface area contributed by atoms with Crippen molar-refractivity contribution >= 4 is 15.9 Å². The maximum absolute atomic E-state index is 13.3. The molecule has 0 aliphatic heterocycles. The maximum atomic E-state index is 13.3. The molecule has 18 heavy (non-hydrogen) atoms. The van der Waals surface area contributed by atoms with Crippen LogP contribution in [0.15, 0.2) is 33.5 Å². The van der Waals surface area contributed by atoms with E-state index < -0.39 is 5.82 Å². The number of aromatic nitrogens is 2. The van der Waals surface area contributed by atoms with Crippen LogP contribution in [-0.2, 0) is 11.3 Å². The van der Waals surface area contributed by atoms with Gasteiger partial charge in [0.1, 0.15) is 11.6 Å².